The van der Waals surface area contributed by atoms with Gasteiger partial charge in [0.25, 0.3) is 0 Å². The van der Waals surface area contributed by atoms with Gasteiger partial charge >= 0.3 is 11.9 Å². The molecule has 0 bridgehead atoms. The van der Waals surface area contributed by atoms with Gasteiger partial charge in [0.15, 0.2) is 12.2 Å². The molecule has 0 aliphatic carbocycles. The zero-order valence-corrected chi connectivity index (χ0v) is 17.2. The van der Waals surface area contributed by atoms with Crippen molar-refractivity contribution in [1.29, 1.82) is 0 Å². The molecule has 2 heterocycles. The molecule has 4 rings (SSSR count). The van der Waals surface area contributed by atoms with E-state index in [2.05, 4.69) is 0 Å². The van der Waals surface area contributed by atoms with Crippen molar-refractivity contribution >= 4 is 11.9 Å². The van der Waals surface area contributed by atoms with Crippen LogP contribution < -0.4 is 18.9 Å². The highest BCUT2D eigenvalue weighted by Gasteiger charge is 2.29. The molecule has 9 heteroatoms. The predicted octanol–water partition coefficient (Wildman–Crippen LogP) is 2.06. The lowest BCUT2D eigenvalue weighted by molar-refractivity contribution is -0.146. The summed E-state index contributed by atoms with van der Waals surface area (Å²) in [6.07, 6.45) is -0.970. The van der Waals surface area contributed by atoms with Crippen LogP contribution in [0.2, 0.25) is 0 Å². The normalized spacial score (nSPS) is 20.0. The Labute approximate surface area is 184 Å². The third kappa shape index (κ3) is 4.72. The van der Waals surface area contributed by atoms with Crippen LogP contribution in [0.1, 0.15) is 24.0 Å². The van der Waals surface area contributed by atoms with Gasteiger partial charge in [-0.3, -0.25) is 0 Å². The molecule has 3 N–H and O–H groups in total. The highest BCUT2D eigenvalue weighted by Crippen LogP contribution is 2.36. The fourth-order valence-corrected chi connectivity index (χ4v) is 3.82. The minimum atomic E-state index is -0.999. The largest absolute Gasteiger partial charge is 0.490 e. The summed E-state index contributed by atoms with van der Waals surface area (Å²) < 4.78 is 22.5. The third-order valence-electron chi connectivity index (χ3n) is 5.44. The highest BCUT2D eigenvalue weighted by atomic mass is 16.5. The van der Waals surface area contributed by atoms with Crippen molar-refractivity contribution in [2.75, 3.05) is 13.2 Å². The number of carboxylic acid groups (broad SMARTS) is 2. The van der Waals surface area contributed by atoms with Gasteiger partial charge in [0.05, 0.1) is 0 Å². The third-order valence-corrected chi connectivity index (χ3v) is 5.44. The number of carboxylic acids is 2. The van der Waals surface area contributed by atoms with Crippen LogP contribution in [0, 0.1) is 0 Å². The summed E-state index contributed by atoms with van der Waals surface area (Å²) in [5.74, 6) is 0.0270. The van der Waals surface area contributed by atoms with Gasteiger partial charge in [-0.15, -0.1) is 0 Å². The molecule has 2 aliphatic heterocycles. The van der Waals surface area contributed by atoms with Gasteiger partial charge in [0.1, 0.15) is 42.3 Å². The van der Waals surface area contributed by atoms with Crippen molar-refractivity contribution in [2.45, 2.75) is 44.0 Å². The molecule has 9 nitrogen and oxygen atoms in total. The second-order valence-electron chi connectivity index (χ2n) is 7.71. The van der Waals surface area contributed by atoms with Gasteiger partial charge in [-0.2, -0.15) is 0 Å². The van der Waals surface area contributed by atoms with Gasteiger partial charge in [-0.25, -0.2) is 9.59 Å². The second kappa shape index (κ2) is 9.35. The Hall–Kier alpha value is -3.46. The summed E-state index contributed by atoms with van der Waals surface area (Å²) >= 11 is 0. The lowest BCUT2D eigenvalue weighted by Crippen LogP contribution is -2.31. The van der Waals surface area contributed by atoms with E-state index in [0.717, 1.165) is 11.1 Å². The number of carbonyl (C=O) groups is 2. The number of aliphatic carboxylic acids is 2. The highest BCUT2D eigenvalue weighted by molar-refractivity contribution is 5.74. The molecule has 0 amide bonds. The average molecular weight is 444 g/mol. The Kier molecular flexibility index (Phi) is 6.36. The van der Waals surface area contributed by atoms with Crippen molar-refractivity contribution in [3.8, 4) is 23.0 Å². The molecular formula is C23H24O9. The first-order valence-electron chi connectivity index (χ1n) is 10.4. The summed E-state index contributed by atoms with van der Waals surface area (Å²) in [5.41, 5.74) is 1.56. The maximum atomic E-state index is 11.2. The lowest BCUT2D eigenvalue weighted by Gasteiger charge is -2.26. The van der Waals surface area contributed by atoms with E-state index < -0.39 is 30.3 Å². The number of aliphatic hydroxyl groups excluding tert-OH is 1. The van der Waals surface area contributed by atoms with Crippen LogP contribution in [-0.2, 0) is 22.4 Å². The molecule has 2 atom stereocenters. The van der Waals surface area contributed by atoms with Crippen LogP contribution in [-0.4, -0.2) is 58.8 Å². The van der Waals surface area contributed by atoms with Crippen molar-refractivity contribution < 1.29 is 43.9 Å². The molecule has 2 aliphatic rings. The number of ether oxygens (including phenoxy) is 4. The fourth-order valence-electron chi connectivity index (χ4n) is 3.82. The summed E-state index contributed by atoms with van der Waals surface area (Å²) in [7, 11) is 0. The Morgan fingerprint density at radius 3 is 1.69 bits per heavy atom. The van der Waals surface area contributed by atoms with Crippen LogP contribution in [0.15, 0.2) is 36.4 Å². The number of hydrogen-bond donors (Lipinski definition) is 3. The minimum Gasteiger partial charge on any atom is -0.490 e. The first-order chi connectivity index (χ1) is 15.4. The average Bonchev–Trinajstić information content (AvgIpc) is 2.80. The quantitative estimate of drug-likeness (QED) is 0.560. The molecule has 0 saturated heterocycles. The zero-order valence-electron chi connectivity index (χ0n) is 17.2. The number of fused-ring (bicyclic) bond motifs is 2. The first kappa shape index (κ1) is 21.8. The molecule has 0 spiro atoms. The van der Waals surface area contributed by atoms with E-state index in [1.54, 1.807) is 36.4 Å². The van der Waals surface area contributed by atoms with Gasteiger partial charge in [0, 0.05) is 11.1 Å². The summed E-state index contributed by atoms with van der Waals surface area (Å²) in [5, 5.41) is 28.6. The maximum absolute atomic E-state index is 11.2. The van der Waals surface area contributed by atoms with E-state index in [-0.39, 0.29) is 13.2 Å². The number of rotatable bonds is 8. The lowest BCUT2D eigenvalue weighted by atomic mass is 10.0. The molecule has 170 valence electrons. The fraction of sp³-hybridized carbons (Fsp3) is 0.391. The van der Waals surface area contributed by atoms with Crippen molar-refractivity contribution in [3.05, 3.63) is 47.5 Å². The van der Waals surface area contributed by atoms with Gasteiger partial charge < -0.3 is 34.3 Å². The van der Waals surface area contributed by atoms with Crippen molar-refractivity contribution in [3.63, 3.8) is 0 Å². The SMILES string of the molecule is O=C(O)C1CCc2c(OCC(O)COc3cccc4c3CCC(C(=O)O)O4)cccc2O1. The maximum Gasteiger partial charge on any atom is 0.344 e. The van der Waals surface area contributed by atoms with E-state index in [0.29, 0.717) is 48.7 Å². The molecule has 0 radical (unpaired) electrons. The summed E-state index contributed by atoms with van der Waals surface area (Å²) in [6.45, 7) is -0.0448. The molecule has 2 aromatic carbocycles. The molecule has 2 aromatic rings. The molecular weight excluding hydrogens is 420 g/mol. The Bertz CT molecular complexity index is 923. The van der Waals surface area contributed by atoms with Crippen LogP contribution in [0.3, 0.4) is 0 Å². The van der Waals surface area contributed by atoms with Crippen molar-refractivity contribution in [2.24, 2.45) is 0 Å². The van der Waals surface area contributed by atoms with Gasteiger partial charge in [-0.1, -0.05) is 12.1 Å². The predicted molar refractivity (Wildman–Crippen MR) is 111 cm³/mol. The first-order valence-corrected chi connectivity index (χ1v) is 10.4. The molecule has 32 heavy (non-hydrogen) atoms. The van der Waals surface area contributed by atoms with Gasteiger partial charge in [0.2, 0.25) is 0 Å². The van der Waals surface area contributed by atoms with E-state index >= 15 is 0 Å². The number of aliphatic hydroxyl groups is 1. The molecule has 0 aromatic heterocycles. The zero-order chi connectivity index (χ0) is 22.7. The van der Waals surface area contributed by atoms with E-state index in [9.17, 15) is 14.7 Å². The molecule has 0 fully saturated rings. The minimum absolute atomic E-state index is 0.0224. The van der Waals surface area contributed by atoms with Crippen LogP contribution >= 0.6 is 0 Å². The van der Waals surface area contributed by atoms with E-state index in [4.69, 9.17) is 29.2 Å². The van der Waals surface area contributed by atoms with Crippen LogP contribution in [0.5, 0.6) is 23.0 Å². The molecule has 0 saturated carbocycles. The monoisotopic (exact) mass is 444 g/mol. The van der Waals surface area contributed by atoms with Crippen LogP contribution in [0.4, 0.5) is 0 Å². The number of hydrogen-bond acceptors (Lipinski definition) is 7. The second-order valence-corrected chi connectivity index (χ2v) is 7.71. The summed E-state index contributed by atoms with van der Waals surface area (Å²) in [4.78, 5) is 22.3. The Balaban J connectivity index is 1.33. The Morgan fingerprint density at radius 2 is 1.28 bits per heavy atom. The smallest absolute Gasteiger partial charge is 0.344 e. The summed E-state index contributed by atoms with van der Waals surface area (Å²) in [6, 6.07) is 10.3. The van der Waals surface area contributed by atoms with E-state index in [1.807, 2.05) is 0 Å². The standard InChI is InChI=1S/C23H24O9/c24-13(11-29-16-3-1-5-18-14(16)7-9-20(31-18)22(25)26)12-30-17-4-2-6-19-15(17)8-10-21(32-19)23(27)28/h1-6,13,20-21,24H,7-12H2,(H,25,26)(H,27,28). The van der Waals surface area contributed by atoms with Crippen molar-refractivity contribution in [1.82, 2.24) is 0 Å². The number of benzene rings is 2. The van der Waals surface area contributed by atoms with E-state index in [1.165, 1.54) is 0 Å². The van der Waals surface area contributed by atoms with Crippen LogP contribution in [0.25, 0.3) is 0 Å². The molecule has 2 unspecified atom stereocenters. The topological polar surface area (TPSA) is 132 Å². The van der Waals surface area contributed by atoms with Gasteiger partial charge in [-0.05, 0) is 49.9 Å². The Morgan fingerprint density at radius 1 is 0.844 bits per heavy atom.